The van der Waals surface area contributed by atoms with Gasteiger partial charge in [-0.05, 0) is 36.8 Å². The molecule has 1 heterocycles. The summed E-state index contributed by atoms with van der Waals surface area (Å²) in [4.78, 5) is 25.1. The maximum atomic E-state index is 12.4. The summed E-state index contributed by atoms with van der Waals surface area (Å²) in [6.45, 7) is 1.55. The molecule has 0 spiro atoms. The fourth-order valence-electron chi connectivity index (χ4n) is 2.39. The Morgan fingerprint density at radius 1 is 1.11 bits per heavy atom. The summed E-state index contributed by atoms with van der Waals surface area (Å²) >= 11 is 6.12. The SMILES string of the molecule is COC(=O)C1=C(C(=O)OC)N(c2cc(Cl)c(C)cc2S(=O)(=O)O)C=CC=C1. The summed E-state index contributed by atoms with van der Waals surface area (Å²) in [5.74, 6) is -1.77. The second kappa shape index (κ2) is 7.95. The second-order valence-electron chi connectivity index (χ2n) is 5.36. The van der Waals surface area contributed by atoms with Crippen molar-refractivity contribution in [3.8, 4) is 0 Å². The number of carbonyl (C=O) groups excluding carboxylic acids is 2. The van der Waals surface area contributed by atoms with Crippen LogP contribution < -0.4 is 4.90 Å². The van der Waals surface area contributed by atoms with E-state index >= 15 is 0 Å². The predicted octanol–water partition coefficient (Wildman–Crippen LogP) is 2.39. The summed E-state index contributed by atoms with van der Waals surface area (Å²) in [7, 11) is -2.44. The molecule has 1 aromatic carbocycles. The monoisotopic (exact) mass is 413 g/mol. The normalized spacial score (nSPS) is 14.2. The van der Waals surface area contributed by atoms with Gasteiger partial charge < -0.3 is 14.4 Å². The van der Waals surface area contributed by atoms with Crippen LogP contribution in [-0.4, -0.2) is 39.1 Å². The molecule has 1 aliphatic rings. The molecule has 144 valence electrons. The number of rotatable bonds is 4. The highest BCUT2D eigenvalue weighted by atomic mass is 35.5. The number of benzene rings is 1. The lowest BCUT2D eigenvalue weighted by Gasteiger charge is -2.25. The largest absolute Gasteiger partial charge is 0.465 e. The Bertz CT molecular complexity index is 993. The zero-order chi connectivity index (χ0) is 20.4. The van der Waals surface area contributed by atoms with Gasteiger partial charge in [-0.1, -0.05) is 17.7 Å². The molecular weight excluding hydrogens is 398 g/mol. The van der Waals surface area contributed by atoms with Crippen LogP contribution >= 0.6 is 11.6 Å². The molecule has 8 nitrogen and oxygen atoms in total. The number of halogens is 1. The number of nitrogens with zero attached hydrogens (tertiary/aromatic N) is 1. The predicted molar refractivity (Wildman–Crippen MR) is 97.8 cm³/mol. The van der Waals surface area contributed by atoms with Crippen molar-refractivity contribution in [2.75, 3.05) is 19.1 Å². The third kappa shape index (κ3) is 4.21. The van der Waals surface area contributed by atoms with E-state index in [2.05, 4.69) is 0 Å². The molecule has 10 heteroatoms. The lowest BCUT2D eigenvalue weighted by molar-refractivity contribution is -0.139. The fraction of sp³-hybridized carbons (Fsp3) is 0.176. The Hall–Kier alpha value is -2.62. The maximum Gasteiger partial charge on any atom is 0.355 e. The molecule has 0 unspecified atom stereocenters. The summed E-state index contributed by atoms with van der Waals surface area (Å²) in [5.41, 5.74) is -0.233. The Morgan fingerprint density at radius 3 is 2.30 bits per heavy atom. The molecule has 1 aliphatic heterocycles. The number of hydrogen-bond donors (Lipinski definition) is 1. The molecule has 0 aliphatic carbocycles. The lowest BCUT2D eigenvalue weighted by Crippen LogP contribution is -2.28. The molecule has 0 bridgehead atoms. The number of allylic oxidation sites excluding steroid dienone is 2. The highest BCUT2D eigenvalue weighted by Gasteiger charge is 2.31. The van der Waals surface area contributed by atoms with Crippen molar-refractivity contribution >= 4 is 39.3 Å². The van der Waals surface area contributed by atoms with Gasteiger partial charge in [0.1, 0.15) is 10.6 Å². The zero-order valence-corrected chi connectivity index (χ0v) is 16.2. The minimum atomic E-state index is -4.68. The molecule has 0 saturated heterocycles. The van der Waals surface area contributed by atoms with E-state index in [4.69, 9.17) is 21.1 Å². The first-order valence-corrected chi connectivity index (χ1v) is 9.26. The summed E-state index contributed by atoms with van der Waals surface area (Å²) in [5, 5.41) is 0.187. The lowest BCUT2D eigenvalue weighted by atomic mass is 10.1. The molecular formula is C17H16ClNO7S. The van der Waals surface area contributed by atoms with E-state index in [0.29, 0.717) is 5.56 Å². The third-order valence-electron chi connectivity index (χ3n) is 3.67. The van der Waals surface area contributed by atoms with Gasteiger partial charge in [0.15, 0.2) is 0 Å². The molecule has 1 aromatic rings. The van der Waals surface area contributed by atoms with E-state index in [9.17, 15) is 22.6 Å². The average molecular weight is 414 g/mol. The summed E-state index contributed by atoms with van der Waals surface area (Å²) in [6, 6.07) is 2.42. The number of esters is 2. The first-order chi connectivity index (χ1) is 12.6. The molecule has 0 fully saturated rings. The van der Waals surface area contributed by atoms with Crippen molar-refractivity contribution in [3.63, 3.8) is 0 Å². The Kier molecular flexibility index (Phi) is 6.09. The molecule has 0 aromatic heterocycles. The highest BCUT2D eigenvalue weighted by Crippen LogP contribution is 2.35. The maximum absolute atomic E-state index is 12.4. The van der Waals surface area contributed by atoms with Crippen molar-refractivity contribution < 1.29 is 32.0 Å². The molecule has 1 N–H and O–H groups in total. The van der Waals surface area contributed by atoms with Crippen LogP contribution in [0.4, 0.5) is 5.69 Å². The van der Waals surface area contributed by atoms with E-state index in [1.807, 2.05) is 0 Å². The van der Waals surface area contributed by atoms with Crippen LogP contribution in [0.5, 0.6) is 0 Å². The van der Waals surface area contributed by atoms with Crippen LogP contribution in [0.3, 0.4) is 0 Å². The second-order valence-corrected chi connectivity index (χ2v) is 7.16. The van der Waals surface area contributed by atoms with E-state index in [-0.39, 0.29) is 22.0 Å². The number of hydrogen-bond acceptors (Lipinski definition) is 7. The van der Waals surface area contributed by atoms with Gasteiger partial charge in [0.05, 0.1) is 25.5 Å². The van der Waals surface area contributed by atoms with Crippen LogP contribution in [0, 0.1) is 6.92 Å². The average Bonchev–Trinajstić information content (AvgIpc) is 2.84. The van der Waals surface area contributed by atoms with Crippen LogP contribution in [0.1, 0.15) is 5.56 Å². The van der Waals surface area contributed by atoms with Crippen molar-refractivity contribution in [1.29, 1.82) is 0 Å². The smallest absolute Gasteiger partial charge is 0.355 e. The number of methoxy groups -OCH3 is 2. The number of ether oxygens (including phenoxy) is 2. The number of carbonyl (C=O) groups is 2. The number of aryl methyl sites for hydroxylation is 1. The van der Waals surface area contributed by atoms with Gasteiger partial charge in [0, 0.05) is 11.2 Å². The standard InChI is InChI=1S/C17H16ClNO7S/c1-10-8-14(27(22,23)24)13(9-12(10)18)19-7-5-4-6-11(16(20)25-2)15(19)17(21)26-3/h4-9H,1-3H3,(H,22,23,24). The zero-order valence-electron chi connectivity index (χ0n) is 14.6. The van der Waals surface area contributed by atoms with Gasteiger partial charge in [-0.25, -0.2) is 9.59 Å². The van der Waals surface area contributed by atoms with Gasteiger partial charge in [0.25, 0.3) is 10.1 Å². The molecule has 0 atom stereocenters. The van der Waals surface area contributed by atoms with Gasteiger partial charge in [-0.2, -0.15) is 8.42 Å². The van der Waals surface area contributed by atoms with E-state index in [1.54, 1.807) is 6.92 Å². The van der Waals surface area contributed by atoms with E-state index < -0.39 is 27.0 Å². The molecule has 0 saturated carbocycles. The third-order valence-corrected chi connectivity index (χ3v) is 4.96. The Morgan fingerprint density at radius 2 is 1.74 bits per heavy atom. The van der Waals surface area contributed by atoms with Crippen molar-refractivity contribution in [3.05, 3.63) is 58.4 Å². The first-order valence-electron chi connectivity index (χ1n) is 7.44. The van der Waals surface area contributed by atoms with E-state index in [0.717, 1.165) is 25.2 Å². The van der Waals surface area contributed by atoms with Gasteiger partial charge in [0.2, 0.25) is 0 Å². The van der Waals surface area contributed by atoms with E-state index in [1.165, 1.54) is 30.5 Å². The van der Waals surface area contributed by atoms with Crippen LogP contribution in [-0.2, 0) is 29.2 Å². The Labute approximate surface area is 161 Å². The Balaban J connectivity index is 2.89. The van der Waals surface area contributed by atoms with Gasteiger partial charge >= 0.3 is 11.9 Å². The topological polar surface area (TPSA) is 110 Å². The molecule has 2 rings (SSSR count). The van der Waals surface area contributed by atoms with Crippen LogP contribution in [0.2, 0.25) is 5.02 Å². The minimum absolute atomic E-state index is 0.144. The van der Waals surface area contributed by atoms with Crippen LogP contribution in [0.15, 0.2) is 52.7 Å². The van der Waals surface area contributed by atoms with Crippen LogP contribution in [0.25, 0.3) is 0 Å². The fourth-order valence-corrected chi connectivity index (χ4v) is 3.30. The summed E-state index contributed by atoms with van der Waals surface area (Å²) < 4.78 is 42.8. The van der Waals surface area contributed by atoms with Gasteiger partial charge in [-0.3, -0.25) is 4.55 Å². The number of anilines is 1. The van der Waals surface area contributed by atoms with Crippen molar-refractivity contribution in [1.82, 2.24) is 0 Å². The van der Waals surface area contributed by atoms with Crippen molar-refractivity contribution in [2.45, 2.75) is 11.8 Å². The minimum Gasteiger partial charge on any atom is -0.465 e. The van der Waals surface area contributed by atoms with Gasteiger partial charge in [-0.15, -0.1) is 0 Å². The first kappa shape index (κ1) is 20.7. The quantitative estimate of drug-likeness (QED) is 0.591. The summed E-state index contributed by atoms with van der Waals surface area (Å²) in [6.07, 6.45) is 5.56. The molecule has 27 heavy (non-hydrogen) atoms. The van der Waals surface area contributed by atoms with Crippen molar-refractivity contribution in [2.24, 2.45) is 0 Å². The molecule has 0 radical (unpaired) electrons. The highest BCUT2D eigenvalue weighted by molar-refractivity contribution is 7.86. The molecule has 0 amide bonds.